The normalized spacial score (nSPS) is 14.4. The molecule has 0 bridgehead atoms. The van der Waals surface area contributed by atoms with Gasteiger partial charge in [-0.15, -0.1) is 0 Å². The van der Waals surface area contributed by atoms with E-state index in [4.69, 9.17) is 5.73 Å². The zero-order chi connectivity index (χ0) is 14.7. The van der Waals surface area contributed by atoms with Crippen molar-refractivity contribution in [2.75, 3.05) is 6.54 Å². The summed E-state index contributed by atoms with van der Waals surface area (Å²) in [6.07, 6.45) is -3.49. The minimum absolute atomic E-state index is 0.112. The van der Waals surface area contributed by atoms with E-state index in [1.807, 2.05) is 0 Å². The lowest BCUT2D eigenvalue weighted by molar-refractivity contribution is -0.141. The molecule has 3 N–H and O–H groups in total. The third-order valence-corrected chi connectivity index (χ3v) is 3.68. The van der Waals surface area contributed by atoms with Crippen molar-refractivity contribution in [3.63, 3.8) is 0 Å². The van der Waals surface area contributed by atoms with Crippen molar-refractivity contribution >= 4 is 10.0 Å². The first kappa shape index (κ1) is 15.9. The summed E-state index contributed by atoms with van der Waals surface area (Å²) in [7, 11) is -3.85. The van der Waals surface area contributed by atoms with Gasteiger partial charge in [0.15, 0.2) is 0 Å². The van der Waals surface area contributed by atoms with Crippen LogP contribution < -0.4 is 10.5 Å². The van der Waals surface area contributed by atoms with Crippen LogP contribution in [0.1, 0.15) is 19.0 Å². The Morgan fingerprint density at radius 3 is 2.47 bits per heavy atom. The number of nitrogens with zero attached hydrogens (tertiary/aromatic N) is 1. The Hall–Kier alpha value is -1.19. The minimum atomic E-state index is -4.59. The fourth-order valence-corrected chi connectivity index (χ4v) is 2.20. The molecule has 0 aliphatic rings. The molecule has 1 atom stereocenters. The summed E-state index contributed by atoms with van der Waals surface area (Å²) in [6.45, 7) is 1.83. The Morgan fingerprint density at radius 2 is 2.05 bits per heavy atom. The Labute approximate surface area is 109 Å². The predicted octanol–water partition coefficient (Wildman–Crippen LogP) is 1.12. The molecule has 5 nitrogen and oxygen atoms in total. The first-order valence-corrected chi connectivity index (χ1v) is 6.90. The molecule has 19 heavy (non-hydrogen) atoms. The molecule has 108 valence electrons. The fraction of sp³-hybridized carbons (Fsp3) is 0.500. The van der Waals surface area contributed by atoms with Crippen LogP contribution in [0, 0.1) is 0 Å². The van der Waals surface area contributed by atoms with Crippen molar-refractivity contribution in [1.82, 2.24) is 9.71 Å². The Bertz CT molecular complexity index is 512. The highest BCUT2D eigenvalue weighted by Gasteiger charge is 2.32. The molecule has 0 aliphatic heterocycles. The largest absolute Gasteiger partial charge is 0.433 e. The number of aromatic nitrogens is 1. The van der Waals surface area contributed by atoms with Crippen molar-refractivity contribution in [1.29, 1.82) is 0 Å². The number of rotatable bonds is 5. The van der Waals surface area contributed by atoms with Crippen LogP contribution in [0.2, 0.25) is 0 Å². The van der Waals surface area contributed by atoms with E-state index >= 15 is 0 Å². The molecule has 9 heteroatoms. The molecule has 0 aliphatic carbocycles. The highest BCUT2D eigenvalue weighted by molar-refractivity contribution is 7.89. The number of halogens is 3. The standard InChI is InChI=1S/C10H14F3N3O2S/c1-7(14)4-5-16-19(17,18)8-2-3-9(15-6-8)10(11,12)13/h2-3,6-7,16H,4-5,14H2,1H3. The van der Waals surface area contributed by atoms with Gasteiger partial charge < -0.3 is 5.73 Å². The second-order valence-corrected chi connectivity index (χ2v) is 5.81. The molecule has 0 amide bonds. The molecule has 1 aromatic heterocycles. The van der Waals surface area contributed by atoms with Crippen molar-refractivity contribution in [3.8, 4) is 0 Å². The van der Waals surface area contributed by atoms with Gasteiger partial charge in [-0.1, -0.05) is 0 Å². The van der Waals surface area contributed by atoms with E-state index < -0.39 is 21.9 Å². The van der Waals surface area contributed by atoms with Crippen LogP contribution in [-0.2, 0) is 16.2 Å². The Kier molecular flexibility index (Phi) is 4.88. The summed E-state index contributed by atoms with van der Waals surface area (Å²) in [5.41, 5.74) is 4.32. The molecule has 1 aromatic rings. The third-order valence-electron chi connectivity index (χ3n) is 2.23. The molecular formula is C10H14F3N3O2S. The number of hydrogen-bond acceptors (Lipinski definition) is 4. The number of hydrogen-bond donors (Lipinski definition) is 2. The zero-order valence-corrected chi connectivity index (χ0v) is 10.9. The lowest BCUT2D eigenvalue weighted by Crippen LogP contribution is -2.29. The van der Waals surface area contributed by atoms with Crippen LogP contribution in [0.25, 0.3) is 0 Å². The van der Waals surface area contributed by atoms with Crippen LogP contribution in [0.15, 0.2) is 23.2 Å². The predicted molar refractivity (Wildman–Crippen MR) is 62.7 cm³/mol. The summed E-state index contributed by atoms with van der Waals surface area (Å²) in [4.78, 5) is 2.78. The van der Waals surface area contributed by atoms with Crippen molar-refractivity contribution in [2.45, 2.75) is 30.5 Å². The first-order valence-electron chi connectivity index (χ1n) is 5.41. The number of pyridine rings is 1. The van der Waals surface area contributed by atoms with Crippen LogP contribution in [0.4, 0.5) is 13.2 Å². The summed E-state index contributed by atoms with van der Waals surface area (Å²) >= 11 is 0. The van der Waals surface area contributed by atoms with E-state index in [1.165, 1.54) is 0 Å². The third kappa shape index (κ3) is 4.77. The van der Waals surface area contributed by atoms with Gasteiger partial charge in [0.1, 0.15) is 10.6 Å². The number of alkyl halides is 3. The second kappa shape index (κ2) is 5.85. The highest BCUT2D eigenvalue weighted by Crippen LogP contribution is 2.27. The summed E-state index contributed by atoms with van der Waals surface area (Å²) in [5, 5.41) is 0. The lowest BCUT2D eigenvalue weighted by Gasteiger charge is -2.09. The van der Waals surface area contributed by atoms with Crippen LogP contribution >= 0.6 is 0 Å². The zero-order valence-electron chi connectivity index (χ0n) is 10.1. The lowest BCUT2D eigenvalue weighted by atomic mass is 10.3. The Balaban J connectivity index is 2.80. The van der Waals surface area contributed by atoms with Crippen LogP contribution in [0.3, 0.4) is 0 Å². The average Bonchev–Trinajstić information content (AvgIpc) is 2.27. The molecule has 0 aromatic carbocycles. The molecule has 1 rings (SSSR count). The SMILES string of the molecule is CC(N)CCNS(=O)(=O)c1ccc(C(F)(F)F)nc1. The Morgan fingerprint density at radius 1 is 1.42 bits per heavy atom. The molecule has 0 spiro atoms. The van der Waals surface area contributed by atoms with E-state index in [9.17, 15) is 21.6 Å². The van der Waals surface area contributed by atoms with Gasteiger partial charge in [0.2, 0.25) is 10.0 Å². The van der Waals surface area contributed by atoms with Gasteiger partial charge in [-0.2, -0.15) is 13.2 Å². The number of nitrogens with two attached hydrogens (primary N) is 1. The van der Waals surface area contributed by atoms with Gasteiger partial charge in [-0.25, -0.2) is 13.1 Å². The molecule has 0 radical (unpaired) electrons. The topological polar surface area (TPSA) is 85.1 Å². The molecular weight excluding hydrogens is 283 g/mol. The van der Waals surface area contributed by atoms with Crippen molar-refractivity contribution < 1.29 is 21.6 Å². The smallest absolute Gasteiger partial charge is 0.328 e. The molecule has 0 fully saturated rings. The highest BCUT2D eigenvalue weighted by atomic mass is 32.2. The quantitative estimate of drug-likeness (QED) is 0.852. The van der Waals surface area contributed by atoms with E-state index in [0.29, 0.717) is 18.7 Å². The summed E-state index contributed by atoms with van der Waals surface area (Å²) in [5.74, 6) is 0. The second-order valence-electron chi connectivity index (χ2n) is 4.04. The van der Waals surface area contributed by atoms with Crippen LogP contribution in [0.5, 0.6) is 0 Å². The maximum atomic E-state index is 12.3. The average molecular weight is 297 g/mol. The van der Waals surface area contributed by atoms with Gasteiger partial charge >= 0.3 is 6.18 Å². The maximum absolute atomic E-state index is 12.3. The molecule has 1 heterocycles. The van der Waals surface area contributed by atoms with Gasteiger partial charge in [-0.05, 0) is 25.5 Å². The van der Waals surface area contributed by atoms with E-state index in [-0.39, 0.29) is 17.5 Å². The fourth-order valence-electron chi connectivity index (χ4n) is 1.21. The van der Waals surface area contributed by atoms with Crippen molar-refractivity contribution in [2.24, 2.45) is 5.73 Å². The monoisotopic (exact) mass is 297 g/mol. The molecule has 0 saturated carbocycles. The van der Waals surface area contributed by atoms with E-state index in [2.05, 4.69) is 9.71 Å². The van der Waals surface area contributed by atoms with Crippen LogP contribution in [-0.4, -0.2) is 26.0 Å². The van der Waals surface area contributed by atoms with Gasteiger partial charge in [0, 0.05) is 18.8 Å². The summed E-state index contributed by atoms with van der Waals surface area (Å²) in [6, 6.07) is 1.32. The van der Waals surface area contributed by atoms with E-state index in [0.717, 1.165) is 6.07 Å². The van der Waals surface area contributed by atoms with Gasteiger partial charge in [-0.3, -0.25) is 4.98 Å². The first-order chi connectivity index (χ1) is 8.63. The summed E-state index contributed by atoms with van der Waals surface area (Å²) < 4.78 is 62.4. The van der Waals surface area contributed by atoms with Crippen molar-refractivity contribution in [3.05, 3.63) is 24.0 Å². The molecule has 0 saturated heterocycles. The number of sulfonamides is 1. The molecule has 1 unspecified atom stereocenters. The van der Waals surface area contributed by atoms with E-state index in [1.54, 1.807) is 6.92 Å². The number of nitrogens with one attached hydrogen (secondary N) is 1. The van der Waals surface area contributed by atoms with Gasteiger partial charge in [0.05, 0.1) is 0 Å². The maximum Gasteiger partial charge on any atom is 0.433 e. The van der Waals surface area contributed by atoms with Gasteiger partial charge in [0.25, 0.3) is 0 Å². The minimum Gasteiger partial charge on any atom is -0.328 e.